The van der Waals surface area contributed by atoms with Gasteiger partial charge in [-0.05, 0) is 39.3 Å². The van der Waals surface area contributed by atoms with E-state index in [1.807, 2.05) is 0 Å². The lowest BCUT2D eigenvalue weighted by Gasteiger charge is -2.30. The summed E-state index contributed by atoms with van der Waals surface area (Å²) in [5.74, 6) is 0. The highest BCUT2D eigenvalue weighted by molar-refractivity contribution is 4.73. The van der Waals surface area contributed by atoms with Crippen LogP contribution in [0.25, 0.3) is 0 Å². The average Bonchev–Trinajstić information content (AvgIpc) is 2.37. The van der Waals surface area contributed by atoms with E-state index in [0.717, 1.165) is 39.3 Å². The van der Waals surface area contributed by atoms with Crippen LogP contribution in [0.1, 0.15) is 32.6 Å². The van der Waals surface area contributed by atoms with E-state index in [-0.39, 0.29) is 0 Å². The first kappa shape index (κ1) is 15.9. The van der Waals surface area contributed by atoms with Gasteiger partial charge in [-0.15, -0.1) is 0 Å². The normalized spacial score (nSPS) is 22.3. The summed E-state index contributed by atoms with van der Waals surface area (Å²) in [6, 6.07) is 0.420. The number of hydrogen-bond donors (Lipinski definition) is 1. The maximum atomic E-state index is 5.78. The third-order valence-corrected chi connectivity index (χ3v) is 3.37. The second-order valence-corrected chi connectivity index (χ2v) is 5.32. The largest absolute Gasteiger partial charge is 0.383 e. The van der Waals surface area contributed by atoms with Crippen molar-refractivity contribution < 1.29 is 9.47 Å². The number of methoxy groups -OCH3 is 1. The molecule has 4 heteroatoms. The molecule has 1 aliphatic rings. The first-order valence-electron chi connectivity index (χ1n) is 7.28. The summed E-state index contributed by atoms with van der Waals surface area (Å²) in [5.41, 5.74) is 0. The van der Waals surface area contributed by atoms with Crippen molar-refractivity contribution in [3.8, 4) is 0 Å². The summed E-state index contributed by atoms with van der Waals surface area (Å²) in [7, 11) is 3.94. The molecule has 108 valence electrons. The molecule has 0 amide bonds. The topological polar surface area (TPSA) is 33.7 Å². The number of hydrogen-bond acceptors (Lipinski definition) is 4. The molecule has 0 aliphatic carbocycles. The van der Waals surface area contributed by atoms with Crippen LogP contribution in [-0.4, -0.2) is 64.1 Å². The van der Waals surface area contributed by atoms with Crippen molar-refractivity contribution >= 4 is 0 Å². The van der Waals surface area contributed by atoms with E-state index in [1.54, 1.807) is 7.11 Å². The van der Waals surface area contributed by atoms with Crippen LogP contribution in [0.5, 0.6) is 0 Å². The summed E-state index contributed by atoms with van der Waals surface area (Å²) < 4.78 is 11.0. The fourth-order valence-electron chi connectivity index (χ4n) is 2.48. The Hall–Kier alpha value is -0.160. The molecular formula is C14H30N2O2. The van der Waals surface area contributed by atoms with Crippen LogP contribution in [0.15, 0.2) is 0 Å². The molecule has 1 aliphatic heterocycles. The molecule has 1 N–H and O–H groups in total. The van der Waals surface area contributed by atoms with E-state index in [0.29, 0.717) is 12.1 Å². The summed E-state index contributed by atoms with van der Waals surface area (Å²) >= 11 is 0. The zero-order chi connectivity index (χ0) is 13.2. The van der Waals surface area contributed by atoms with Gasteiger partial charge in [0.25, 0.3) is 0 Å². The molecule has 0 spiro atoms. The highest BCUT2D eigenvalue weighted by Crippen LogP contribution is 2.13. The van der Waals surface area contributed by atoms with Crippen LogP contribution in [0.3, 0.4) is 0 Å². The summed E-state index contributed by atoms with van der Waals surface area (Å²) in [5, 5.41) is 3.53. The molecule has 1 fully saturated rings. The predicted molar refractivity (Wildman–Crippen MR) is 75.0 cm³/mol. The second-order valence-electron chi connectivity index (χ2n) is 5.32. The Morgan fingerprint density at radius 2 is 2.28 bits per heavy atom. The van der Waals surface area contributed by atoms with Gasteiger partial charge in [0.2, 0.25) is 0 Å². The Morgan fingerprint density at radius 3 is 2.89 bits per heavy atom. The molecule has 0 bridgehead atoms. The predicted octanol–water partition coefficient (Wildman–Crippen LogP) is 1.50. The van der Waals surface area contributed by atoms with Gasteiger partial charge in [0.05, 0.1) is 12.7 Å². The second kappa shape index (κ2) is 9.73. The van der Waals surface area contributed by atoms with Crippen LogP contribution < -0.4 is 5.32 Å². The lowest BCUT2D eigenvalue weighted by molar-refractivity contribution is -0.00393. The molecule has 0 aromatic carbocycles. The fourth-order valence-corrected chi connectivity index (χ4v) is 2.48. The monoisotopic (exact) mass is 258 g/mol. The number of ether oxygens (including phenoxy) is 2. The Balaban J connectivity index is 2.23. The Morgan fingerprint density at radius 1 is 1.44 bits per heavy atom. The minimum absolute atomic E-state index is 0.420. The first-order valence-corrected chi connectivity index (χ1v) is 7.28. The lowest BCUT2D eigenvalue weighted by atomic mass is 10.1. The molecule has 0 saturated carbocycles. The van der Waals surface area contributed by atoms with Crippen molar-refractivity contribution in [2.75, 3.05) is 47.0 Å². The van der Waals surface area contributed by atoms with Gasteiger partial charge in [0.15, 0.2) is 0 Å². The summed E-state index contributed by atoms with van der Waals surface area (Å²) in [4.78, 5) is 2.36. The van der Waals surface area contributed by atoms with Gasteiger partial charge >= 0.3 is 0 Å². The molecule has 2 unspecified atom stereocenters. The number of nitrogens with one attached hydrogen (secondary N) is 1. The molecule has 4 nitrogen and oxygen atoms in total. The number of nitrogens with zero attached hydrogens (tertiary/aromatic N) is 1. The van der Waals surface area contributed by atoms with Gasteiger partial charge < -0.3 is 19.7 Å². The van der Waals surface area contributed by atoms with Crippen LogP contribution in [0, 0.1) is 0 Å². The van der Waals surface area contributed by atoms with Crippen molar-refractivity contribution in [3.63, 3.8) is 0 Å². The van der Waals surface area contributed by atoms with Gasteiger partial charge in [0, 0.05) is 32.8 Å². The fraction of sp³-hybridized carbons (Fsp3) is 1.00. The average molecular weight is 258 g/mol. The maximum absolute atomic E-state index is 5.78. The third kappa shape index (κ3) is 6.69. The molecule has 1 saturated heterocycles. The maximum Gasteiger partial charge on any atom is 0.0701 e. The van der Waals surface area contributed by atoms with E-state index in [2.05, 4.69) is 24.2 Å². The first-order chi connectivity index (χ1) is 8.76. The number of likely N-dealkylation sites (N-methyl/N-ethyl adjacent to an activating group) is 1. The molecule has 1 heterocycles. The lowest BCUT2D eigenvalue weighted by Crippen LogP contribution is -2.45. The Labute approximate surface area is 112 Å². The molecule has 1 rings (SSSR count). The van der Waals surface area contributed by atoms with Crippen molar-refractivity contribution in [2.24, 2.45) is 0 Å². The van der Waals surface area contributed by atoms with Crippen molar-refractivity contribution in [1.82, 2.24) is 10.2 Å². The highest BCUT2D eigenvalue weighted by atomic mass is 16.5. The van der Waals surface area contributed by atoms with Gasteiger partial charge in [-0.2, -0.15) is 0 Å². The summed E-state index contributed by atoms with van der Waals surface area (Å²) in [6.07, 6.45) is 5.34. The van der Waals surface area contributed by atoms with E-state index < -0.39 is 0 Å². The zero-order valence-corrected chi connectivity index (χ0v) is 12.3. The van der Waals surface area contributed by atoms with E-state index in [1.165, 1.54) is 19.3 Å². The Kier molecular flexibility index (Phi) is 8.59. The third-order valence-electron chi connectivity index (χ3n) is 3.37. The Bertz CT molecular complexity index is 196. The van der Waals surface area contributed by atoms with E-state index in [9.17, 15) is 0 Å². The van der Waals surface area contributed by atoms with Crippen molar-refractivity contribution in [2.45, 2.75) is 44.8 Å². The number of rotatable bonds is 9. The van der Waals surface area contributed by atoms with Gasteiger partial charge in [-0.25, -0.2) is 0 Å². The van der Waals surface area contributed by atoms with Crippen LogP contribution in [0.2, 0.25) is 0 Å². The molecule has 2 atom stereocenters. The smallest absolute Gasteiger partial charge is 0.0701 e. The van der Waals surface area contributed by atoms with Gasteiger partial charge in [-0.3, -0.25) is 0 Å². The van der Waals surface area contributed by atoms with Crippen molar-refractivity contribution in [1.29, 1.82) is 0 Å². The van der Waals surface area contributed by atoms with E-state index in [4.69, 9.17) is 9.47 Å². The standard InChI is InChI=1S/C14H30N2O2/c1-4-8-15-13(12-17-3)10-16(2)11-14-7-5-6-9-18-14/h13-15H,4-12H2,1-3H3. The van der Waals surface area contributed by atoms with E-state index >= 15 is 0 Å². The molecule has 0 aromatic rings. The van der Waals surface area contributed by atoms with Crippen LogP contribution in [0.4, 0.5) is 0 Å². The minimum atomic E-state index is 0.420. The van der Waals surface area contributed by atoms with Crippen LogP contribution >= 0.6 is 0 Å². The molecule has 18 heavy (non-hydrogen) atoms. The molecule has 0 radical (unpaired) electrons. The van der Waals surface area contributed by atoms with Gasteiger partial charge in [0.1, 0.15) is 0 Å². The quantitative estimate of drug-likeness (QED) is 0.679. The minimum Gasteiger partial charge on any atom is -0.383 e. The summed E-state index contributed by atoms with van der Waals surface area (Å²) in [6.45, 7) is 7.02. The van der Waals surface area contributed by atoms with Crippen molar-refractivity contribution in [3.05, 3.63) is 0 Å². The molecular weight excluding hydrogens is 228 g/mol. The highest BCUT2D eigenvalue weighted by Gasteiger charge is 2.18. The zero-order valence-electron chi connectivity index (χ0n) is 12.3. The SMILES string of the molecule is CCCNC(COC)CN(C)CC1CCCCO1. The van der Waals surface area contributed by atoms with Crippen LogP contribution in [-0.2, 0) is 9.47 Å². The van der Waals surface area contributed by atoms with Gasteiger partial charge in [-0.1, -0.05) is 6.92 Å². The molecule has 0 aromatic heterocycles.